The average molecular weight is 302 g/mol. The Morgan fingerprint density at radius 1 is 1.50 bits per heavy atom. The summed E-state index contributed by atoms with van der Waals surface area (Å²) in [5, 5.41) is 5.16. The van der Waals surface area contributed by atoms with Gasteiger partial charge in [0, 0.05) is 52.2 Å². The van der Waals surface area contributed by atoms with Crippen LogP contribution >= 0.6 is 11.6 Å². The number of hydrogen-bond donors (Lipinski definition) is 1. The Bertz CT molecular complexity index is 456. The molecule has 0 aliphatic carbocycles. The van der Waals surface area contributed by atoms with Crippen LogP contribution in [-0.4, -0.2) is 41.7 Å². The molecule has 6 heteroatoms. The molecule has 1 saturated heterocycles. The molecule has 5 nitrogen and oxygen atoms in total. The normalized spacial score (nSPS) is 20.1. The number of nitrogens with zero attached hydrogens (tertiary/aromatic N) is 2. The first-order chi connectivity index (χ1) is 9.54. The van der Waals surface area contributed by atoms with E-state index in [1.807, 2.05) is 11.6 Å². The summed E-state index contributed by atoms with van der Waals surface area (Å²) in [7, 11) is 1.73. The van der Waals surface area contributed by atoms with Crippen LogP contribution in [0.4, 0.5) is 0 Å². The van der Waals surface area contributed by atoms with Gasteiger partial charge in [0.25, 0.3) is 0 Å². The maximum absolute atomic E-state index is 6.45. The number of hydrogen-bond acceptors (Lipinski definition) is 4. The molecular formula is C14H24ClN3O2. The molecule has 2 N–H and O–H groups in total. The second-order valence-corrected chi connectivity index (χ2v) is 5.73. The zero-order chi connectivity index (χ0) is 14.8. The van der Waals surface area contributed by atoms with Gasteiger partial charge in [0.2, 0.25) is 0 Å². The van der Waals surface area contributed by atoms with E-state index in [-0.39, 0.29) is 11.6 Å². The van der Waals surface area contributed by atoms with Gasteiger partial charge in [-0.3, -0.25) is 4.68 Å². The molecule has 1 aliphatic rings. The zero-order valence-electron chi connectivity index (χ0n) is 12.5. The molecule has 0 aromatic carbocycles. The highest BCUT2D eigenvalue weighted by Crippen LogP contribution is 2.31. The van der Waals surface area contributed by atoms with Crippen LogP contribution in [0.25, 0.3) is 0 Å². The number of nitrogens with two attached hydrogens (primary N) is 1. The molecule has 1 aliphatic heterocycles. The fraction of sp³-hybridized carbons (Fsp3) is 0.786. The minimum absolute atomic E-state index is 0.115. The molecule has 1 atom stereocenters. The lowest BCUT2D eigenvalue weighted by Crippen LogP contribution is -2.54. The highest BCUT2D eigenvalue weighted by Gasteiger charge is 2.39. The van der Waals surface area contributed by atoms with Crippen LogP contribution in [0.3, 0.4) is 0 Å². The number of aromatic nitrogens is 2. The number of halogens is 1. The Morgan fingerprint density at radius 3 is 2.70 bits per heavy atom. The van der Waals surface area contributed by atoms with Gasteiger partial charge in [-0.05, 0) is 13.8 Å². The molecule has 2 rings (SSSR count). The van der Waals surface area contributed by atoms with E-state index in [1.54, 1.807) is 7.11 Å². The third-order valence-electron chi connectivity index (χ3n) is 4.29. The van der Waals surface area contributed by atoms with E-state index >= 15 is 0 Å². The maximum Gasteiger partial charge on any atom is 0.0876 e. The minimum atomic E-state index is -0.321. The average Bonchev–Trinajstić information content (AvgIpc) is 2.75. The van der Waals surface area contributed by atoms with Gasteiger partial charge in [-0.2, -0.15) is 5.10 Å². The smallest absolute Gasteiger partial charge is 0.0876 e. The highest BCUT2D eigenvalue weighted by molar-refractivity contribution is 6.31. The summed E-state index contributed by atoms with van der Waals surface area (Å²) in [6.07, 6.45) is 2.31. The first kappa shape index (κ1) is 15.8. The van der Waals surface area contributed by atoms with Crippen molar-refractivity contribution in [1.82, 2.24) is 9.78 Å². The lowest BCUT2D eigenvalue weighted by Gasteiger charge is -2.40. The predicted octanol–water partition coefficient (Wildman–Crippen LogP) is 1.93. The van der Waals surface area contributed by atoms with Gasteiger partial charge in [0.15, 0.2) is 0 Å². The molecule has 20 heavy (non-hydrogen) atoms. The quantitative estimate of drug-likeness (QED) is 0.903. The molecule has 0 amide bonds. The summed E-state index contributed by atoms with van der Waals surface area (Å²) in [5.74, 6) is 0. The van der Waals surface area contributed by atoms with Gasteiger partial charge >= 0.3 is 0 Å². The molecule has 1 aromatic heterocycles. The first-order valence-corrected chi connectivity index (χ1v) is 7.52. The topological polar surface area (TPSA) is 62.3 Å². The Labute approximate surface area is 125 Å². The van der Waals surface area contributed by atoms with Gasteiger partial charge in [0.05, 0.1) is 22.0 Å². The van der Waals surface area contributed by atoms with Crippen molar-refractivity contribution in [1.29, 1.82) is 0 Å². The summed E-state index contributed by atoms with van der Waals surface area (Å²) in [5.41, 5.74) is 7.98. The summed E-state index contributed by atoms with van der Waals surface area (Å²) >= 11 is 6.36. The van der Waals surface area contributed by atoms with Crippen LogP contribution in [0.15, 0.2) is 0 Å². The molecule has 0 bridgehead atoms. The molecule has 0 spiro atoms. The number of rotatable bonds is 5. The number of ether oxygens (including phenoxy) is 2. The van der Waals surface area contributed by atoms with Crippen molar-refractivity contribution in [2.75, 3.05) is 20.3 Å². The third-order valence-corrected chi connectivity index (χ3v) is 4.78. The van der Waals surface area contributed by atoms with Crippen molar-refractivity contribution >= 4 is 11.6 Å². The monoisotopic (exact) mass is 301 g/mol. The summed E-state index contributed by atoms with van der Waals surface area (Å²) < 4.78 is 13.1. The van der Waals surface area contributed by atoms with E-state index in [4.69, 9.17) is 26.8 Å². The van der Waals surface area contributed by atoms with Crippen molar-refractivity contribution in [3.63, 3.8) is 0 Å². The zero-order valence-corrected chi connectivity index (χ0v) is 13.2. The van der Waals surface area contributed by atoms with E-state index in [2.05, 4.69) is 12.0 Å². The van der Waals surface area contributed by atoms with Crippen molar-refractivity contribution in [2.45, 2.75) is 51.3 Å². The minimum Gasteiger partial charge on any atom is -0.381 e. The van der Waals surface area contributed by atoms with Gasteiger partial charge in [-0.15, -0.1) is 0 Å². The molecule has 0 saturated carbocycles. The van der Waals surface area contributed by atoms with Crippen LogP contribution in [0, 0.1) is 6.92 Å². The largest absolute Gasteiger partial charge is 0.381 e. The first-order valence-electron chi connectivity index (χ1n) is 7.14. The molecular weight excluding hydrogens is 278 g/mol. The van der Waals surface area contributed by atoms with Crippen LogP contribution < -0.4 is 5.73 Å². The second-order valence-electron chi connectivity index (χ2n) is 5.35. The summed E-state index contributed by atoms with van der Waals surface area (Å²) in [4.78, 5) is 0. The lowest BCUT2D eigenvalue weighted by atomic mass is 9.84. The van der Waals surface area contributed by atoms with Crippen LogP contribution in [0.5, 0.6) is 0 Å². The number of aryl methyl sites for hydroxylation is 2. The van der Waals surface area contributed by atoms with Gasteiger partial charge in [0.1, 0.15) is 0 Å². The maximum atomic E-state index is 6.45. The van der Waals surface area contributed by atoms with Gasteiger partial charge < -0.3 is 15.2 Å². The fourth-order valence-corrected chi connectivity index (χ4v) is 3.11. The van der Waals surface area contributed by atoms with Crippen molar-refractivity contribution in [3.8, 4) is 0 Å². The van der Waals surface area contributed by atoms with Crippen LogP contribution in [0.1, 0.15) is 31.2 Å². The molecule has 1 unspecified atom stereocenters. The summed E-state index contributed by atoms with van der Waals surface area (Å²) in [6, 6.07) is -0.115. The molecule has 0 radical (unpaired) electrons. The third kappa shape index (κ3) is 2.86. The van der Waals surface area contributed by atoms with Crippen molar-refractivity contribution in [3.05, 3.63) is 16.4 Å². The van der Waals surface area contributed by atoms with Gasteiger partial charge in [-0.1, -0.05) is 11.6 Å². The van der Waals surface area contributed by atoms with E-state index in [9.17, 15) is 0 Å². The summed E-state index contributed by atoms with van der Waals surface area (Å²) in [6.45, 7) is 6.16. The molecule has 1 aromatic rings. The van der Waals surface area contributed by atoms with E-state index < -0.39 is 0 Å². The molecule has 2 heterocycles. The number of methoxy groups -OCH3 is 1. The Balaban J connectivity index is 2.20. The fourth-order valence-electron chi connectivity index (χ4n) is 2.90. The van der Waals surface area contributed by atoms with E-state index in [0.717, 1.165) is 35.8 Å². The Hall–Kier alpha value is -0.620. The van der Waals surface area contributed by atoms with E-state index in [1.165, 1.54) is 0 Å². The van der Waals surface area contributed by atoms with E-state index in [0.29, 0.717) is 19.6 Å². The van der Waals surface area contributed by atoms with Crippen molar-refractivity contribution < 1.29 is 9.47 Å². The van der Waals surface area contributed by atoms with Crippen molar-refractivity contribution in [2.24, 2.45) is 5.73 Å². The van der Waals surface area contributed by atoms with Gasteiger partial charge in [-0.25, -0.2) is 0 Å². The highest BCUT2D eigenvalue weighted by atomic mass is 35.5. The Morgan fingerprint density at radius 2 is 2.15 bits per heavy atom. The standard InChI is InChI=1S/C14H24ClN3O2/c1-4-18-11(13(15)10(2)17-18)9-12(16)14(19-3)5-7-20-8-6-14/h12H,4-9,16H2,1-3H3. The predicted molar refractivity (Wildman–Crippen MR) is 79.1 cm³/mol. The SMILES string of the molecule is CCn1nc(C)c(Cl)c1CC(N)C1(OC)CCOCC1. The Kier molecular flexibility index (Phi) is 5.07. The molecule has 1 fully saturated rings. The molecule has 114 valence electrons. The van der Waals surface area contributed by atoms with Crippen LogP contribution in [-0.2, 0) is 22.4 Å². The van der Waals surface area contributed by atoms with Crippen LogP contribution in [0.2, 0.25) is 5.02 Å². The lowest BCUT2D eigenvalue weighted by molar-refractivity contribution is -0.104. The second kappa shape index (κ2) is 6.43.